The van der Waals surface area contributed by atoms with Gasteiger partial charge in [-0.3, -0.25) is 0 Å². The van der Waals surface area contributed by atoms with Gasteiger partial charge in [-0.25, -0.2) is 4.79 Å². The number of primary amides is 1. The van der Waals surface area contributed by atoms with E-state index in [0.29, 0.717) is 17.3 Å². The minimum atomic E-state index is -0.409. The fourth-order valence-electron chi connectivity index (χ4n) is 1.92. The summed E-state index contributed by atoms with van der Waals surface area (Å²) in [6.07, 6.45) is -0.0406. The Morgan fingerprint density at radius 2 is 2.29 bits per heavy atom. The molecule has 92 valence electrons. The Kier molecular flexibility index (Phi) is 3.15. The van der Waals surface area contributed by atoms with Gasteiger partial charge < -0.3 is 15.4 Å². The minimum absolute atomic E-state index is 0.0110. The van der Waals surface area contributed by atoms with Crippen LogP contribution in [0.1, 0.15) is 12.5 Å². The topological polar surface area (TPSA) is 55.6 Å². The highest BCUT2D eigenvalue weighted by Gasteiger charge is 2.39. The van der Waals surface area contributed by atoms with Gasteiger partial charge in [-0.1, -0.05) is 23.7 Å². The van der Waals surface area contributed by atoms with E-state index in [-0.39, 0.29) is 12.1 Å². The van der Waals surface area contributed by atoms with Crippen molar-refractivity contribution in [2.75, 3.05) is 6.54 Å². The van der Waals surface area contributed by atoms with Gasteiger partial charge in [0.2, 0.25) is 0 Å². The minimum Gasteiger partial charge on any atom is -0.485 e. The molecular formula is C12H15ClN2O2. The van der Waals surface area contributed by atoms with Crippen LogP contribution in [0.15, 0.2) is 18.2 Å². The summed E-state index contributed by atoms with van der Waals surface area (Å²) >= 11 is 6.07. The highest BCUT2D eigenvalue weighted by Crippen LogP contribution is 2.32. The first-order valence-electron chi connectivity index (χ1n) is 5.48. The molecule has 1 aliphatic heterocycles. The van der Waals surface area contributed by atoms with E-state index in [4.69, 9.17) is 22.1 Å². The maximum absolute atomic E-state index is 11.0. The smallest absolute Gasteiger partial charge is 0.315 e. The number of amides is 2. The van der Waals surface area contributed by atoms with Gasteiger partial charge in [0.25, 0.3) is 0 Å². The monoisotopic (exact) mass is 254 g/mol. The van der Waals surface area contributed by atoms with Gasteiger partial charge in [0.05, 0.1) is 17.6 Å². The Hall–Kier alpha value is -1.42. The fourth-order valence-corrected chi connectivity index (χ4v) is 2.19. The Morgan fingerprint density at radius 1 is 1.59 bits per heavy atom. The van der Waals surface area contributed by atoms with E-state index in [1.165, 1.54) is 0 Å². The molecule has 1 fully saturated rings. The van der Waals surface area contributed by atoms with Crippen molar-refractivity contribution < 1.29 is 9.53 Å². The van der Waals surface area contributed by atoms with Gasteiger partial charge >= 0.3 is 6.03 Å². The van der Waals surface area contributed by atoms with Crippen LogP contribution in [-0.2, 0) is 0 Å². The average molecular weight is 255 g/mol. The molecule has 1 aliphatic rings. The summed E-state index contributed by atoms with van der Waals surface area (Å²) in [6.45, 7) is 4.36. The zero-order valence-electron chi connectivity index (χ0n) is 9.81. The Labute approximate surface area is 105 Å². The molecule has 5 heteroatoms. The number of urea groups is 1. The van der Waals surface area contributed by atoms with Gasteiger partial charge in [-0.2, -0.15) is 0 Å². The van der Waals surface area contributed by atoms with Crippen LogP contribution in [0, 0.1) is 6.92 Å². The van der Waals surface area contributed by atoms with Crippen molar-refractivity contribution in [1.82, 2.24) is 4.90 Å². The average Bonchev–Trinajstić information content (AvgIpc) is 2.25. The standard InChI is InChI=1S/C12H15ClN2O2/c1-7-4-3-5-9(13)11(7)17-10-6-15(8(10)2)12(14)16/h3-5,8,10H,6H2,1-2H3,(H2,14,16). The first-order valence-corrected chi connectivity index (χ1v) is 5.86. The van der Waals surface area contributed by atoms with Crippen LogP contribution >= 0.6 is 11.6 Å². The second-order valence-electron chi connectivity index (χ2n) is 4.27. The fraction of sp³-hybridized carbons (Fsp3) is 0.417. The molecule has 2 unspecified atom stereocenters. The van der Waals surface area contributed by atoms with Crippen LogP contribution in [-0.4, -0.2) is 29.6 Å². The first-order chi connectivity index (χ1) is 8.00. The molecule has 4 nitrogen and oxygen atoms in total. The number of ether oxygens (including phenoxy) is 1. The summed E-state index contributed by atoms with van der Waals surface area (Å²) in [5.41, 5.74) is 6.20. The quantitative estimate of drug-likeness (QED) is 0.880. The van der Waals surface area contributed by atoms with E-state index >= 15 is 0 Å². The molecule has 1 aromatic carbocycles. The highest BCUT2D eigenvalue weighted by atomic mass is 35.5. The summed E-state index contributed by atoms with van der Waals surface area (Å²) in [4.78, 5) is 12.6. The molecule has 1 heterocycles. The lowest BCUT2D eigenvalue weighted by Crippen LogP contribution is -2.64. The van der Waals surface area contributed by atoms with Crippen LogP contribution in [0.25, 0.3) is 0 Å². The highest BCUT2D eigenvalue weighted by molar-refractivity contribution is 6.32. The molecule has 2 rings (SSSR count). The van der Waals surface area contributed by atoms with Crippen LogP contribution in [0.5, 0.6) is 5.75 Å². The molecule has 0 spiro atoms. The maximum Gasteiger partial charge on any atom is 0.315 e. The number of rotatable bonds is 2. The third-order valence-electron chi connectivity index (χ3n) is 3.12. The number of carbonyl (C=O) groups is 1. The van der Waals surface area contributed by atoms with E-state index in [0.717, 1.165) is 5.56 Å². The Bertz CT molecular complexity index is 430. The van der Waals surface area contributed by atoms with Crippen molar-refractivity contribution in [3.63, 3.8) is 0 Å². The number of hydrogen-bond acceptors (Lipinski definition) is 2. The van der Waals surface area contributed by atoms with Crippen LogP contribution < -0.4 is 10.5 Å². The van der Waals surface area contributed by atoms with E-state index in [1.54, 1.807) is 11.0 Å². The van der Waals surface area contributed by atoms with Crippen LogP contribution in [0.4, 0.5) is 4.79 Å². The largest absolute Gasteiger partial charge is 0.485 e. The normalized spacial score (nSPS) is 23.1. The molecule has 0 aliphatic carbocycles. The van der Waals surface area contributed by atoms with Gasteiger partial charge in [-0.05, 0) is 25.5 Å². The number of likely N-dealkylation sites (tertiary alicyclic amines) is 1. The lowest BCUT2D eigenvalue weighted by Gasteiger charge is -2.44. The number of carbonyl (C=O) groups excluding carboxylic acids is 1. The maximum atomic E-state index is 11.0. The van der Waals surface area contributed by atoms with Gasteiger partial charge in [0, 0.05) is 0 Å². The van der Waals surface area contributed by atoms with Crippen molar-refractivity contribution in [1.29, 1.82) is 0 Å². The SMILES string of the molecule is Cc1cccc(Cl)c1OC1CN(C(N)=O)C1C. The number of hydrogen-bond donors (Lipinski definition) is 1. The molecule has 17 heavy (non-hydrogen) atoms. The zero-order chi connectivity index (χ0) is 12.6. The molecule has 2 atom stereocenters. The van der Waals surface area contributed by atoms with Crippen molar-refractivity contribution in [2.45, 2.75) is 26.0 Å². The van der Waals surface area contributed by atoms with Gasteiger partial charge in [0.15, 0.2) is 0 Å². The second-order valence-corrected chi connectivity index (χ2v) is 4.68. The summed E-state index contributed by atoms with van der Waals surface area (Å²) in [5, 5.41) is 0.592. The third kappa shape index (κ3) is 2.17. The molecule has 2 N–H and O–H groups in total. The Balaban J connectivity index is 2.07. The van der Waals surface area contributed by atoms with E-state index < -0.39 is 6.03 Å². The van der Waals surface area contributed by atoms with Crippen molar-refractivity contribution in [3.05, 3.63) is 28.8 Å². The van der Waals surface area contributed by atoms with E-state index in [1.807, 2.05) is 26.0 Å². The number of aryl methyl sites for hydroxylation is 1. The summed E-state index contributed by atoms with van der Waals surface area (Å²) in [5.74, 6) is 0.690. The van der Waals surface area contributed by atoms with Crippen molar-refractivity contribution in [2.24, 2.45) is 5.73 Å². The number of nitrogens with two attached hydrogens (primary N) is 1. The number of halogens is 1. The molecular weight excluding hydrogens is 240 g/mol. The molecule has 1 saturated heterocycles. The predicted molar refractivity (Wildman–Crippen MR) is 66.4 cm³/mol. The first kappa shape index (κ1) is 12.0. The number of benzene rings is 1. The summed E-state index contributed by atoms with van der Waals surface area (Å²) < 4.78 is 5.82. The summed E-state index contributed by atoms with van der Waals surface area (Å²) in [7, 11) is 0. The molecule has 0 aromatic heterocycles. The van der Waals surface area contributed by atoms with Crippen molar-refractivity contribution >= 4 is 17.6 Å². The van der Waals surface area contributed by atoms with E-state index in [2.05, 4.69) is 0 Å². The lowest BCUT2D eigenvalue weighted by atomic mass is 10.0. The van der Waals surface area contributed by atoms with Crippen molar-refractivity contribution in [3.8, 4) is 5.75 Å². The number of nitrogens with zero attached hydrogens (tertiary/aromatic N) is 1. The van der Waals surface area contributed by atoms with Gasteiger partial charge in [-0.15, -0.1) is 0 Å². The third-order valence-corrected chi connectivity index (χ3v) is 3.42. The van der Waals surface area contributed by atoms with Crippen LogP contribution in [0.2, 0.25) is 5.02 Å². The molecule has 1 aromatic rings. The van der Waals surface area contributed by atoms with E-state index in [9.17, 15) is 4.79 Å². The Morgan fingerprint density at radius 3 is 2.82 bits per heavy atom. The molecule has 2 amide bonds. The molecule has 0 saturated carbocycles. The van der Waals surface area contributed by atoms with Crippen LogP contribution in [0.3, 0.4) is 0 Å². The zero-order valence-corrected chi connectivity index (χ0v) is 10.6. The predicted octanol–water partition coefficient (Wildman–Crippen LogP) is 2.18. The lowest BCUT2D eigenvalue weighted by molar-refractivity contribution is -0.00475. The molecule has 0 bridgehead atoms. The van der Waals surface area contributed by atoms with Gasteiger partial charge in [0.1, 0.15) is 11.9 Å². The number of para-hydroxylation sites is 1. The molecule has 0 radical (unpaired) electrons. The summed E-state index contributed by atoms with van der Waals surface area (Å²) in [6, 6.07) is 5.19. The second kappa shape index (κ2) is 4.45.